The van der Waals surface area contributed by atoms with Gasteiger partial charge >= 0.3 is 0 Å². The van der Waals surface area contributed by atoms with Gasteiger partial charge in [0.05, 0.1) is 5.75 Å². The first-order valence-electron chi connectivity index (χ1n) is 8.95. The number of halogens is 1. The first-order valence-corrected chi connectivity index (χ1v) is 10.7. The summed E-state index contributed by atoms with van der Waals surface area (Å²) in [5.41, 5.74) is 3.28. The lowest BCUT2D eigenvalue weighted by Gasteiger charge is -2.19. The van der Waals surface area contributed by atoms with Crippen LogP contribution in [0.1, 0.15) is 26.3 Å². The Balaban J connectivity index is 2.04. The monoisotopic (exact) mass is 458 g/mol. The van der Waals surface area contributed by atoms with Crippen LogP contribution in [0.2, 0.25) is 0 Å². The zero-order valence-electron chi connectivity index (χ0n) is 16.4. The van der Waals surface area contributed by atoms with Crippen molar-refractivity contribution in [1.29, 1.82) is 0 Å². The Morgan fingerprint density at radius 1 is 1.07 bits per heavy atom. The number of nitrogens with one attached hydrogen (secondary N) is 1. The van der Waals surface area contributed by atoms with Gasteiger partial charge in [-0.05, 0) is 35.2 Å². The fraction of sp³-hybridized carbons (Fsp3) is 0.286. The van der Waals surface area contributed by atoms with Crippen molar-refractivity contribution >= 4 is 33.6 Å². The average Bonchev–Trinajstić information content (AvgIpc) is 3.10. The van der Waals surface area contributed by atoms with Crippen molar-refractivity contribution in [3.05, 3.63) is 58.6 Å². The lowest BCUT2D eigenvalue weighted by atomic mass is 9.87. The maximum Gasteiger partial charge on any atom is 0.230 e. The molecule has 0 aliphatic heterocycles. The molecular weight excluding hydrogens is 436 g/mol. The summed E-state index contributed by atoms with van der Waals surface area (Å²) in [5.74, 6) is 0.988. The van der Waals surface area contributed by atoms with Gasteiger partial charge in [-0.3, -0.25) is 9.36 Å². The second-order valence-electron chi connectivity index (χ2n) is 7.41. The molecule has 0 fully saturated rings. The van der Waals surface area contributed by atoms with Crippen molar-refractivity contribution < 1.29 is 4.79 Å². The highest BCUT2D eigenvalue weighted by Crippen LogP contribution is 2.30. The van der Waals surface area contributed by atoms with Crippen molar-refractivity contribution in [2.24, 2.45) is 0 Å². The van der Waals surface area contributed by atoms with Gasteiger partial charge in [-0.1, -0.05) is 72.7 Å². The Hall–Kier alpha value is -2.12. The van der Waals surface area contributed by atoms with E-state index in [1.54, 1.807) is 7.05 Å². The van der Waals surface area contributed by atoms with Gasteiger partial charge in [0.2, 0.25) is 5.91 Å². The van der Waals surface area contributed by atoms with E-state index < -0.39 is 0 Å². The molecule has 2 aromatic carbocycles. The van der Waals surface area contributed by atoms with Crippen LogP contribution in [0.3, 0.4) is 0 Å². The summed E-state index contributed by atoms with van der Waals surface area (Å²) in [6, 6.07) is 16.4. The van der Waals surface area contributed by atoms with Crippen LogP contribution in [-0.2, 0) is 10.2 Å². The maximum atomic E-state index is 11.7. The highest BCUT2D eigenvalue weighted by molar-refractivity contribution is 9.10. The molecule has 0 saturated heterocycles. The van der Waals surface area contributed by atoms with Gasteiger partial charge in [0, 0.05) is 22.8 Å². The molecule has 0 radical (unpaired) electrons. The summed E-state index contributed by atoms with van der Waals surface area (Å²) >= 11 is 4.84. The lowest BCUT2D eigenvalue weighted by Crippen LogP contribution is -2.20. The number of hydrogen-bond donors (Lipinski definition) is 1. The molecule has 0 bridgehead atoms. The number of aromatic nitrogens is 3. The number of carbonyl (C=O) groups excluding carboxylic acids is 1. The minimum atomic E-state index is -0.0496. The molecular formula is C21H23BrN4OS. The Kier molecular flexibility index (Phi) is 6.25. The van der Waals surface area contributed by atoms with Crippen molar-refractivity contribution in [3.63, 3.8) is 0 Å². The predicted octanol–water partition coefficient (Wildman–Crippen LogP) is 4.83. The van der Waals surface area contributed by atoms with Crippen molar-refractivity contribution in [2.75, 3.05) is 12.8 Å². The highest BCUT2D eigenvalue weighted by Gasteiger charge is 2.18. The van der Waals surface area contributed by atoms with Crippen molar-refractivity contribution in [3.8, 4) is 17.1 Å². The molecule has 0 spiro atoms. The minimum absolute atomic E-state index is 0.0496. The normalized spacial score (nSPS) is 11.5. The Morgan fingerprint density at radius 2 is 1.71 bits per heavy atom. The van der Waals surface area contributed by atoms with Gasteiger partial charge in [0.15, 0.2) is 11.0 Å². The van der Waals surface area contributed by atoms with E-state index in [1.165, 1.54) is 17.3 Å². The summed E-state index contributed by atoms with van der Waals surface area (Å²) in [6.07, 6.45) is 0. The molecule has 0 aliphatic carbocycles. The van der Waals surface area contributed by atoms with Gasteiger partial charge in [0.25, 0.3) is 0 Å². The average molecular weight is 459 g/mol. The quantitative estimate of drug-likeness (QED) is 0.556. The number of carbonyl (C=O) groups is 1. The summed E-state index contributed by atoms with van der Waals surface area (Å²) in [4.78, 5) is 11.7. The van der Waals surface area contributed by atoms with Crippen LogP contribution in [-0.4, -0.2) is 33.5 Å². The van der Waals surface area contributed by atoms with Gasteiger partial charge < -0.3 is 5.32 Å². The molecule has 7 heteroatoms. The molecule has 1 amide bonds. The van der Waals surface area contributed by atoms with E-state index in [0.29, 0.717) is 5.16 Å². The second kappa shape index (κ2) is 8.49. The zero-order valence-corrected chi connectivity index (χ0v) is 18.8. The molecule has 3 aromatic rings. The van der Waals surface area contributed by atoms with E-state index in [1.807, 2.05) is 28.8 Å². The molecule has 0 saturated carbocycles. The van der Waals surface area contributed by atoms with E-state index in [2.05, 4.69) is 76.5 Å². The summed E-state index contributed by atoms with van der Waals surface area (Å²) < 4.78 is 2.99. The van der Waals surface area contributed by atoms with Crippen LogP contribution in [0.15, 0.2) is 58.2 Å². The summed E-state index contributed by atoms with van der Waals surface area (Å²) in [7, 11) is 1.63. The predicted molar refractivity (Wildman–Crippen MR) is 118 cm³/mol. The minimum Gasteiger partial charge on any atom is -0.358 e. The Bertz CT molecular complexity index is 960. The van der Waals surface area contributed by atoms with E-state index in [-0.39, 0.29) is 17.1 Å². The van der Waals surface area contributed by atoms with Crippen molar-refractivity contribution in [1.82, 2.24) is 20.1 Å². The van der Waals surface area contributed by atoms with Gasteiger partial charge in [-0.15, -0.1) is 10.2 Å². The zero-order chi connectivity index (χ0) is 20.3. The third-order valence-electron chi connectivity index (χ3n) is 4.34. The lowest BCUT2D eigenvalue weighted by molar-refractivity contribution is -0.118. The molecule has 3 rings (SSSR count). The summed E-state index contributed by atoms with van der Waals surface area (Å²) in [6.45, 7) is 6.58. The van der Waals surface area contributed by atoms with Crippen LogP contribution in [0.4, 0.5) is 0 Å². The van der Waals surface area contributed by atoms with E-state index >= 15 is 0 Å². The highest BCUT2D eigenvalue weighted by atomic mass is 79.9. The Labute approximate surface area is 178 Å². The fourth-order valence-corrected chi connectivity index (χ4v) is 3.78. The number of benzene rings is 2. The molecule has 1 aromatic heterocycles. The van der Waals surface area contributed by atoms with Gasteiger partial charge in [-0.2, -0.15) is 0 Å². The number of hydrogen-bond acceptors (Lipinski definition) is 4. The summed E-state index contributed by atoms with van der Waals surface area (Å²) in [5, 5.41) is 12.1. The Morgan fingerprint density at radius 3 is 2.29 bits per heavy atom. The molecule has 28 heavy (non-hydrogen) atoms. The molecule has 0 unspecified atom stereocenters. The van der Waals surface area contributed by atoms with E-state index in [4.69, 9.17) is 0 Å². The molecule has 5 nitrogen and oxygen atoms in total. The standard InChI is InChI=1S/C21H23BrN4OS/c1-21(2,3)15-7-5-14(6-8-15)19-24-25-20(28-13-18(27)23-4)26(19)17-11-9-16(22)10-12-17/h5-12H,13H2,1-4H3,(H,23,27). The largest absolute Gasteiger partial charge is 0.358 e. The molecule has 0 aliphatic rings. The van der Waals surface area contributed by atoms with Crippen LogP contribution >= 0.6 is 27.7 Å². The number of nitrogens with zero attached hydrogens (tertiary/aromatic N) is 3. The first-order chi connectivity index (χ1) is 13.3. The van der Waals surface area contributed by atoms with Crippen LogP contribution in [0, 0.1) is 0 Å². The fourth-order valence-electron chi connectivity index (χ4n) is 2.69. The van der Waals surface area contributed by atoms with Crippen molar-refractivity contribution in [2.45, 2.75) is 31.3 Å². The second-order valence-corrected chi connectivity index (χ2v) is 9.27. The van der Waals surface area contributed by atoms with Crippen LogP contribution in [0.5, 0.6) is 0 Å². The maximum absolute atomic E-state index is 11.7. The van der Waals surface area contributed by atoms with E-state index in [0.717, 1.165) is 21.5 Å². The first kappa shape index (κ1) is 20.6. The van der Waals surface area contributed by atoms with Crippen LogP contribution < -0.4 is 5.32 Å². The smallest absolute Gasteiger partial charge is 0.230 e. The number of amides is 1. The number of rotatable bonds is 5. The van der Waals surface area contributed by atoms with Crippen LogP contribution in [0.25, 0.3) is 17.1 Å². The van der Waals surface area contributed by atoms with Gasteiger partial charge in [0.1, 0.15) is 0 Å². The molecule has 1 N–H and O–H groups in total. The molecule has 0 atom stereocenters. The molecule has 1 heterocycles. The molecule has 146 valence electrons. The number of thioether (sulfide) groups is 1. The third kappa shape index (κ3) is 4.64. The van der Waals surface area contributed by atoms with E-state index in [9.17, 15) is 4.79 Å². The van der Waals surface area contributed by atoms with Gasteiger partial charge in [-0.25, -0.2) is 0 Å². The SMILES string of the molecule is CNC(=O)CSc1nnc(-c2ccc(C(C)(C)C)cc2)n1-c1ccc(Br)cc1. The third-order valence-corrected chi connectivity index (χ3v) is 5.80. The topological polar surface area (TPSA) is 59.8 Å².